The van der Waals surface area contributed by atoms with Gasteiger partial charge in [-0.3, -0.25) is 0 Å². The van der Waals surface area contributed by atoms with Crippen molar-refractivity contribution in [3.05, 3.63) is 0 Å². The predicted molar refractivity (Wildman–Crippen MR) is 67.2 cm³/mol. The summed E-state index contributed by atoms with van der Waals surface area (Å²) in [6.07, 6.45) is 10.1. The predicted octanol–water partition coefficient (Wildman–Crippen LogP) is 2.24. The molecule has 2 heteroatoms. The Kier molecular flexibility index (Phi) is 2.97. The molecule has 0 aromatic carbocycles. The maximum absolute atomic E-state index is 5.98. The van der Waals surface area contributed by atoms with E-state index in [1.807, 2.05) is 0 Å². The minimum Gasteiger partial charge on any atom is -0.330 e. The maximum Gasteiger partial charge on any atom is 0.00503 e. The minimum atomic E-state index is 0.518. The zero-order chi connectivity index (χ0) is 11.0. The lowest BCUT2D eigenvalue weighted by molar-refractivity contribution is 0.0697. The van der Waals surface area contributed by atoms with Crippen LogP contribution in [0, 0.1) is 17.3 Å². The molecule has 0 spiro atoms. The molecule has 3 aliphatic carbocycles. The van der Waals surface area contributed by atoms with Crippen molar-refractivity contribution in [2.75, 3.05) is 26.2 Å². The zero-order valence-corrected chi connectivity index (χ0v) is 10.5. The summed E-state index contributed by atoms with van der Waals surface area (Å²) in [5.41, 5.74) is 6.50. The third kappa shape index (κ3) is 2.60. The van der Waals surface area contributed by atoms with Crippen LogP contribution in [0.5, 0.6) is 0 Å². The number of hydrogen-bond donors (Lipinski definition) is 1. The van der Waals surface area contributed by atoms with Crippen molar-refractivity contribution in [3.8, 4) is 0 Å². The molecular formula is C14H26N2. The van der Waals surface area contributed by atoms with Gasteiger partial charge >= 0.3 is 0 Å². The molecule has 0 bridgehead atoms. The Bertz CT molecular complexity index is 220. The molecule has 16 heavy (non-hydrogen) atoms. The lowest BCUT2D eigenvalue weighted by atomic mass is 9.68. The standard InChI is InChI=1S/C14H26N2/c15-10-14(6-1-7-14)11-16(8-12-2-3-12)9-13-4-5-13/h12-13H,1-11,15H2. The molecule has 0 radical (unpaired) electrons. The fourth-order valence-corrected chi connectivity index (χ4v) is 3.11. The zero-order valence-electron chi connectivity index (χ0n) is 10.5. The Balaban J connectivity index is 1.52. The van der Waals surface area contributed by atoms with Crippen LogP contribution < -0.4 is 5.73 Å². The highest BCUT2D eigenvalue weighted by Crippen LogP contribution is 2.42. The third-order valence-electron chi connectivity index (χ3n) is 4.83. The fraction of sp³-hybridized carbons (Fsp3) is 1.00. The number of nitrogens with zero attached hydrogens (tertiary/aromatic N) is 1. The molecular weight excluding hydrogens is 196 g/mol. The monoisotopic (exact) mass is 222 g/mol. The van der Waals surface area contributed by atoms with E-state index in [2.05, 4.69) is 4.90 Å². The van der Waals surface area contributed by atoms with E-state index in [0.717, 1.165) is 18.4 Å². The minimum absolute atomic E-state index is 0.518. The van der Waals surface area contributed by atoms with E-state index in [1.54, 1.807) is 0 Å². The average molecular weight is 222 g/mol. The SMILES string of the molecule is NCC1(CN(CC2CC2)CC2CC2)CCC1. The van der Waals surface area contributed by atoms with Gasteiger partial charge in [0.2, 0.25) is 0 Å². The van der Waals surface area contributed by atoms with Gasteiger partial charge in [-0.05, 0) is 62.3 Å². The summed E-state index contributed by atoms with van der Waals surface area (Å²) in [6.45, 7) is 4.96. The Hall–Kier alpha value is -0.0800. The van der Waals surface area contributed by atoms with Gasteiger partial charge in [0.1, 0.15) is 0 Å². The molecule has 0 unspecified atom stereocenters. The van der Waals surface area contributed by atoms with Crippen molar-refractivity contribution in [1.29, 1.82) is 0 Å². The van der Waals surface area contributed by atoms with Gasteiger partial charge in [-0.1, -0.05) is 6.42 Å². The van der Waals surface area contributed by atoms with E-state index >= 15 is 0 Å². The summed E-state index contributed by atoms with van der Waals surface area (Å²) in [5, 5.41) is 0. The second kappa shape index (κ2) is 4.30. The van der Waals surface area contributed by atoms with Gasteiger partial charge in [-0.2, -0.15) is 0 Å². The van der Waals surface area contributed by atoms with Gasteiger partial charge in [0.15, 0.2) is 0 Å². The van der Waals surface area contributed by atoms with Crippen LogP contribution in [0.25, 0.3) is 0 Å². The van der Waals surface area contributed by atoms with Crippen LogP contribution in [-0.2, 0) is 0 Å². The molecule has 0 heterocycles. The highest BCUT2D eigenvalue weighted by molar-refractivity contribution is 4.93. The highest BCUT2D eigenvalue weighted by atomic mass is 15.1. The molecule has 3 aliphatic rings. The van der Waals surface area contributed by atoms with E-state index in [4.69, 9.17) is 5.73 Å². The molecule has 3 fully saturated rings. The fourth-order valence-electron chi connectivity index (χ4n) is 3.11. The first-order valence-corrected chi connectivity index (χ1v) is 7.22. The van der Waals surface area contributed by atoms with Crippen molar-refractivity contribution in [2.24, 2.45) is 23.0 Å². The summed E-state index contributed by atoms with van der Waals surface area (Å²) >= 11 is 0. The van der Waals surface area contributed by atoms with Crippen molar-refractivity contribution >= 4 is 0 Å². The normalized spacial score (nSPS) is 28.1. The van der Waals surface area contributed by atoms with Crippen LogP contribution in [0.15, 0.2) is 0 Å². The molecule has 0 amide bonds. The van der Waals surface area contributed by atoms with E-state index in [9.17, 15) is 0 Å². The van der Waals surface area contributed by atoms with E-state index in [1.165, 1.54) is 64.6 Å². The Morgan fingerprint density at radius 2 is 1.56 bits per heavy atom. The molecule has 2 nitrogen and oxygen atoms in total. The lowest BCUT2D eigenvalue weighted by Gasteiger charge is -2.44. The first-order valence-electron chi connectivity index (χ1n) is 7.22. The van der Waals surface area contributed by atoms with Gasteiger partial charge in [0.05, 0.1) is 0 Å². The molecule has 0 atom stereocenters. The third-order valence-corrected chi connectivity index (χ3v) is 4.83. The van der Waals surface area contributed by atoms with Crippen LogP contribution in [0.3, 0.4) is 0 Å². The van der Waals surface area contributed by atoms with E-state index < -0.39 is 0 Å². The first-order chi connectivity index (χ1) is 7.80. The molecule has 0 aliphatic heterocycles. The number of rotatable bonds is 7. The highest BCUT2D eigenvalue weighted by Gasteiger charge is 2.39. The molecule has 0 saturated heterocycles. The largest absolute Gasteiger partial charge is 0.330 e. The van der Waals surface area contributed by atoms with Crippen molar-refractivity contribution in [3.63, 3.8) is 0 Å². The van der Waals surface area contributed by atoms with Gasteiger partial charge in [0, 0.05) is 19.6 Å². The Morgan fingerprint density at radius 1 is 1.00 bits per heavy atom. The number of hydrogen-bond acceptors (Lipinski definition) is 2. The van der Waals surface area contributed by atoms with Gasteiger partial charge in [0.25, 0.3) is 0 Å². The molecule has 0 aromatic heterocycles. The van der Waals surface area contributed by atoms with Crippen LogP contribution in [0.2, 0.25) is 0 Å². The summed E-state index contributed by atoms with van der Waals surface area (Å²) in [4.78, 5) is 2.77. The van der Waals surface area contributed by atoms with Crippen LogP contribution in [0.4, 0.5) is 0 Å². The maximum atomic E-state index is 5.98. The van der Waals surface area contributed by atoms with Crippen molar-refractivity contribution in [2.45, 2.75) is 44.9 Å². The molecule has 3 rings (SSSR count). The van der Waals surface area contributed by atoms with E-state index in [0.29, 0.717) is 5.41 Å². The summed E-state index contributed by atoms with van der Waals surface area (Å²) in [5.74, 6) is 2.07. The van der Waals surface area contributed by atoms with Crippen molar-refractivity contribution in [1.82, 2.24) is 4.90 Å². The molecule has 92 valence electrons. The topological polar surface area (TPSA) is 29.3 Å². The second-order valence-corrected chi connectivity index (χ2v) is 6.64. The second-order valence-electron chi connectivity index (χ2n) is 6.64. The summed E-state index contributed by atoms with van der Waals surface area (Å²) in [7, 11) is 0. The molecule has 3 saturated carbocycles. The van der Waals surface area contributed by atoms with Crippen LogP contribution in [-0.4, -0.2) is 31.1 Å². The van der Waals surface area contributed by atoms with Gasteiger partial charge < -0.3 is 10.6 Å². The van der Waals surface area contributed by atoms with Crippen LogP contribution in [0.1, 0.15) is 44.9 Å². The van der Waals surface area contributed by atoms with Crippen molar-refractivity contribution < 1.29 is 0 Å². The quantitative estimate of drug-likeness (QED) is 0.716. The Morgan fingerprint density at radius 3 is 1.88 bits per heavy atom. The molecule has 0 aromatic rings. The van der Waals surface area contributed by atoms with Crippen LogP contribution >= 0.6 is 0 Å². The Labute approximate surface area is 99.6 Å². The average Bonchev–Trinajstić information content (AvgIpc) is 3.06. The van der Waals surface area contributed by atoms with Gasteiger partial charge in [-0.25, -0.2) is 0 Å². The van der Waals surface area contributed by atoms with Gasteiger partial charge in [-0.15, -0.1) is 0 Å². The lowest BCUT2D eigenvalue weighted by Crippen LogP contribution is -2.48. The first kappa shape index (κ1) is 11.0. The number of nitrogens with two attached hydrogens (primary N) is 1. The summed E-state index contributed by atoms with van der Waals surface area (Å²) < 4.78 is 0. The van der Waals surface area contributed by atoms with E-state index in [-0.39, 0.29) is 0 Å². The summed E-state index contributed by atoms with van der Waals surface area (Å²) in [6, 6.07) is 0. The smallest absolute Gasteiger partial charge is 0.00503 e. The molecule has 2 N–H and O–H groups in total.